The van der Waals surface area contributed by atoms with Crippen LogP contribution >= 0.6 is 11.6 Å². The fourth-order valence-electron chi connectivity index (χ4n) is 3.61. The largest absolute Gasteiger partial charge is 0.504 e. The van der Waals surface area contributed by atoms with E-state index in [-0.39, 0.29) is 5.75 Å². The van der Waals surface area contributed by atoms with Crippen molar-refractivity contribution < 1.29 is 9.84 Å². The van der Waals surface area contributed by atoms with Crippen molar-refractivity contribution in [1.29, 1.82) is 0 Å². The Hall–Kier alpha value is -1.71. The van der Waals surface area contributed by atoms with Crippen molar-refractivity contribution in [2.45, 2.75) is 11.8 Å². The molecule has 1 fully saturated rings. The van der Waals surface area contributed by atoms with Gasteiger partial charge in [-0.2, -0.15) is 0 Å². The van der Waals surface area contributed by atoms with E-state index in [4.69, 9.17) is 16.3 Å². The van der Waals surface area contributed by atoms with Crippen molar-refractivity contribution in [3.8, 4) is 17.2 Å². The lowest BCUT2D eigenvalue weighted by molar-refractivity contribution is 0.390. The Bertz CT molecular complexity index is 716. The van der Waals surface area contributed by atoms with Crippen LogP contribution in [0.25, 0.3) is 0 Å². The van der Waals surface area contributed by atoms with Gasteiger partial charge in [0.05, 0.1) is 0 Å². The van der Waals surface area contributed by atoms with Gasteiger partial charge < -0.3 is 14.7 Å². The first kappa shape index (κ1) is 13.0. The summed E-state index contributed by atoms with van der Waals surface area (Å²) < 4.78 is 6.03. The number of hydrogen-bond donors (Lipinski definition) is 1. The second-order valence-corrected chi connectivity index (χ2v) is 6.35. The van der Waals surface area contributed by atoms with E-state index in [0.717, 1.165) is 24.4 Å². The first-order valence-corrected chi connectivity index (χ1v) is 7.49. The number of rotatable bonds is 0. The summed E-state index contributed by atoms with van der Waals surface area (Å²) in [6, 6.07) is 11.6. The minimum atomic E-state index is 0.113. The molecule has 2 aromatic rings. The van der Waals surface area contributed by atoms with Gasteiger partial charge in [-0.05, 0) is 24.7 Å². The summed E-state index contributed by atoms with van der Waals surface area (Å²) >= 11 is 6.14. The van der Waals surface area contributed by atoms with Crippen LogP contribution in [-0.4, -0.2) is 30.1 Å². The predicted molar refractivity (Wildman–Crippen MR) is 82.6 cm³/mol. The molecule has 2 atom stereocenters. The lowest BCUT2D eigenvalue weighted by Gasteiger charge is -2.17. The molecule has 2 heterocycles. The average molecular weight is 302 g/mol. The van der Waals surface area contributed by atoms with Crippen LogP contribution in [-0.2, 0) is 0 Å². The molecule has 2 aromatic carbocycles. The van der Waals surface area contributed by atoms with E-state index in [0.29, 0.717) is 22.6 Å². The third-order valence-corrected chi connectivity index (χ3v) is 4.71. The second-order valence-electron chi connectivity index (χ2n) is 5.92. The van der Waals surface area contributed by atoms with Gasteiger partial charge in [0.1, 0.15) is 5.75 Å². The van der Waals surface area contributed by atoms with E-state index in [2.05, 4.69) is 18.0 Å². The molecule has 108 valence electrons. The molecule has 2 aliphatic heterocycles. The van der Waals surface area contributed by atoms with E-state index in [1.165, 1.54) is 5.56 Å². The molecule has 1 N–H and O–H groups in total. The lowest BCUT2D eigenvalue weighted by Crippen LogP contribution is -2.14. The number of likely N-dealkylation sites (N-methyl/N-ethyl adjacent to an activating group) is 1. The highest BCUT2D eigenvalue weighted by Gasteiger charge is 2.39. The maximum atomic E-state index is 10.3. The Morgan fingerprint density at radius 3 is 2.67 bits per heavy atom. The number of para-hydroxylation sites is 1. The van der Waals surface area contributed by atoms with Crippen LogP contribution in [0.4, 0.5) is 0 Å². The van der Waals surface area contributed by atoms with Crippen LogP contribution in [0.2, 0.25) is 5.02 Å². The van der Waals surface area contributed by atoms with Crippen molar-refractivity contribution >= 4 is 11.6 Å². The topological polar surface area (TPSA) is 32.7 Å². The molecule has 0 bridgehead atoms. The molecule has 2 aliphatic rings. The van der Waals surface area contributed by atoms with Gasteiger partial charge in [-0.15, -0.1) is 0 Å². The number of likely N-dealkylation sites (tertiary alicyclic amines) is 1. The molecule has 0 amide bonds. The van der Waals surface area contributed by atoms with E-state index >= 15 is 0 Å². The van der Waals surface area contributed by atoms with Gasteiger partial charge in [0.2, 0.25) is 0 Å². The molecule has 0 saturated carbocycles. The number of hydrogen-bond acceptors (Lipinski definition) is 3. The van der Waals surface area contributed by atoms with Crippen LogP contribution in [0, 0.1) is 0 Å². The fraction of sp³-hybridized carbons (Fsp3) is 0.294. The third-order valence-electron chi connectivity index (χ3n) is 4.50. The van der Waals surface area contributed by atoms with Crippen LogP contribution in [0.5, 0.6) is 17.2 Å². The van der Waals surface area contributed by atoms with Crippen molar-refractivity contribution in [2.75, 3.05) is 20.1 Å². The maximum Gasteiger partial charge on any atom is 0.172 e. The number of fused-ring (bicyclic) bond motifs is 5. The van der Waals surface area contributed by atoms with Gasteiger partial charge in [0, 0.05) is 41.6 Å². The predicted octanol–water partition coefficient (Wildman–Crippen LogP) is 3.96. The van der Waals surface area contributed by atoms with E-state index in [1.807, 2.05) is 24.3 Å². The van der Waals surface area contributed by atoms with Crippen LogP contribution in [0.15, 0.2) is 36.4 Å². The van der Waals surface area contributed by atoms with Gasteiger partial charge in [0.25, 0.3) is 0 Å². The summed E-state index contributed by atoms with van der Waals surface area (Å²) in [7, 11) is 2.13. The number of aromatic hydroxyl groups is 1. The standard InChI is InChI=1S/C17H16ClNO2/c1-19-8-13-11-4-2-3-5-16(11)21-17-12(14(13)9-19)6-10(18)7-15(17)20/h2-7,13-14,20H,8-9H2,1H3/t13-,14-/m0/s1. The Morgan fingerprint density at radius 1 is 1.14 bits per heavy atom. The van der Waals surface area contributed by atoms with Crippen molar-refractivity contribution in [3.05, 3.63) is 52.5 Å². The molecule has 0 spiro atoms. The highest BCUT2D eigenvalue weighted by atomic mass is 35.5. The van der Waals surface area contributed by atoms with Gasteiger partial charge in [-0.3, -0.25) is 0 Å². The number of nitrogens with zero attached hydrogens (tertiary/aromatic N) is 1. The molecule has 1 saturated heterocycles. The van der Waals surface area contributed by atoms with Gasteiger partial charge >= 0.3 is 0 Å². The molecule has 4 rings (SSSR count). The minimum absolute atomic E-state index is 0.113. The van der Waals surface area contributed by atoms with Gasteiger partial charge in [0.15, 0.2) is 11.5 Å². The van der Waals surface area contributed by atoms with E-state index in [9.17, 15) is 5.11 Å². The maximum absolute atomic E-state index is 10.3. The van der Waals surface area contributed by atoms with Crippen molar-refractivity contribution in [1.82, 2.24) is 4.90 Å². The highest BCUT2D eigenvalue weighted by molar-refractivity contribution is 6.30. The fourth-order valence-corrected chi connectivity index (χ4v) is 3.83. The molecule has 0 radical (unpaired) electrons. The Morgan fingerprint density at radius 2 is 1.86 bits per heavy atom. The van der Waals surface area contributed by atoms with Crippen molar-refractivity contribution in [3.63, 3.8) is 0 Å². The van der Waals surface area contributed by atoms with Gasteiger partial charge in [-0.1, -0.05) is 29.8 Å². The molecule has 4 heteroatoms. The Labute approximate surface area is 128 Å². The normalized spacial score (nSPS) is 23.7. The summed E-state index contributed by atoms with van der Waals surface area (Å²) in [5.41, 5.74) is 2.21. The first-order chi connectivity index (χ1) is 10.1. The zero-order valence-corrected chi connectivity index (χ0v) is 12.5. The number of phenolic OH excluding ortho intramolecular Hbond substituents is 1. The molecular weight excluding hydrogens is 286 g/mol. The van der Waals surface area contributed by atoms with Crippen molar-refractivity contribution in [2.24, 2.45) is 0 Å². The average Bonchev–Trinajstić information content (AvgIpc) is 2.78. The quantitative estimate of drug-likeness (QED) is 0.799. The minimum Gasteiger partial charge on any atom is -0.504 e. The Balaban J connectivity index is 1.97. The first-order valence-electron chi connectivity index (χ1n) is 7.11. The van der Waals surface area contributed by atoms with E-state index < -0.39 is 0 Å². The zero-order valence-electron chi connectivity index (χ0n) is 11.7. The molecular formula is C17H16ClNO2. The second kappa shape index (κ2) is 4.65. The highest BCUT2D eigenvalue weighted by Crippen LogP contribution is 2.52. The molecule has 0 aliphatic carbocycles. The smallest absolute Gasteiger partial charge is 0.172 e. The summed E-state index contributed by atoms with van der Waals surface area (Å²) in [5, 5.41) is 10.8. The summed E-state index contributed by atoms with van der Waals surface area (Å²) in [4.78, 5) is 2.32. The third kappa shape index (κ3) is 2.00. The number of ether oxygens (including phenoxy) is 1. The summed E-state index contributed by atoms with van der Waals surface area (Å²) in [6.45, 7) is 1.92. The lowest BCUT2D eigenvalue weighted by atomic mass is 9.84. The van der Waals surface area contributed by atoms with Gasteiger partial charge in [-0.25, -0.2) is 0 Å². The molecule has 0 unspecified atom stereocenters. The monoisotopic (exact) mass is 301 g/mol. The Kier molecular flexibility index (Phi) is 2.88. The van der Waals surface area contributed by atoms with Crippen LogP contribution in [0.1, 0.15) is 23.0 Å². The number of benzene rings is 2. The molecule has 21 heavy (non-hydrogen) atoms. The molecule has 3 nitrogen and oxygen atoms in total. The zero-order chi connectivity index (χ0) is 14.6. The summed E-state index contributed by atoms with van der Waals surface area (Å²) in [5.74, 6) is 2.15. The van der Waals surface area contributed by atoms with E-state index in [1.54, 1.807) is 6.07 Å². The SMILES string of the molecule is CN1C[C@H]2c3ccccc3Oc3c(O)cc(Cl)cc3[C@@H]2C1. The number of phenols is 1. The molecule has 0 aromatic heterocycles. The summed E-state index contributed by atoms with van der Waals surface area (Å²) in [6.07, 6.45) is 0. The van der Waals surface area contributed by atoms with Crippen LogP contribution in [0.3, 0.4) is 0 Å². The number of halogens is 1. The van der Waals surface area contributed by atoms with Crippen LogP contribution < -0.4 is 4.74 Å².